The topological polar surface area (TPSA) is 55.8 Å². The monoisotopic (exact) mass is 202 g/mol. The van der Waals surface area contributed by atoms with Gasteiger partial charge < -0.3 is 14.6 Å². The van der Waals surface area contributed by atoms with Gasteiger partial charge in [0.15, 0.2) is 5.60 Å². The van der Waals surface area contributed by atoms with E-state index in [0.29, 0.717) is 6.61 Å². The van der Waals surface area contributed by atoms with Gasteiger partial charge in [0.05, 0.1) is 13.7 Å². The molecule has 0 amide bonds. The minimum Gasteiger partial charge on any atom is -0.467 e. The summed E-state index contributed by atoms with van der Waals surface area (Å²) in [5.41, 5.74) is -1.52. The maximum Gasteiger partial charge on any atom is 0.339 e. The number of ether oxygens (including phenoxy) is 2. The van der Waals surface area contributed by atoms with Crippen LogP contribution in [0, 0.1) is 5.92 Å². The second kappa shape index (κ2) is 4.75. The molecule has 1 unspecified atom stereocenters. The Hall–Kier alpha value is -0.610. The number of esters is 1. The molecular formula is C10H18O4. The van der Waals surface area contributed by atoms with Gasteiger partial charge in [-0.1, -0.05) is 12.8 Å². The highest BCUT2D eigenvalue weighted by Crippen LogP contribution is 2.32. The summed E-state index contributed by atoms with van der Waals surface area (Å²) < 4.78 is 9.66. The van der Waals surface area contributed by atoms with E-state index < -0.39 is 11.6 Å². The Bertz CT molecular complexity index is 196. The van der Waals surface area contributed by atoms with Crippen molar-refractivity contribution < 1.29 is 19.4 Å². The minimum absolute atomic E-state index is 0.00634. The van der Waals surface area contributed by atoms with Crippen molar-refractivity contribution in [2.75, 3.05) is 20.3 Å². The Balaban J connectivity index is 2.10. The molecule has 82 valence electrons. The first-order valence-electron chi connectivity index (χ1n) is 4.95. The summed E-state index contributed by atoms with van der Waals surface area (Å²) in [6.07, 6.45) is 3.60. The number of carbonyl (C=O) groups excluding carboxylic acids is 1. The van der Waals surface area contributed by atoms with Crippen molar-refractivity contribution in [3.05, 3.63) is 0 Å². The van der Waals surface area contributed by atoms with E-state index in [4.69, 9.17) is 4.74 Å². The van der Waals surface area contributed by atoms with Crippen LogP contribution in [-0.4, -0.2) is 37.0 Å². The van der Waals surface area contributed by atoms with Gasteiger partial charge >= 0.3 is 5.97 Å². The van der Waals surface area contributed by atoms with E-state index in [2.05, 4.69) is 4.74 Å². The van der Waals surface area contributed by atoms with Gasteiger partial charge in [-0.2, -0.15) is 0 Å². The van der Waals surface area contributed by atoms with Crippen molar-refractivity contribution >= 4 is 5.97 Å². The maximum atomic E-state index is 11.0. The van der Waals surface area contributed by atoms with Crippen molar-refractivity contribution in [2.45, 2.75) is 31.8 Å². The molecule has 4 nitrogen and oxygen atoms in total. The van der Waals surface area contributed by atoms with Gasteiger partial charge in [-0.3, -0.25) is 0 Å². The summed E-state index contributed by atoms with van der Waals surface area (Å²) in [5.74, 6) is 0.155. The average Bonchev–Trinajstić information content (AvgIpc) is 2.94. The number of aliphatic hydroxyl groups is 1. The number of rotatable bonds is 6. The summed E-state index contributed by atoms with van der Waals surface area (Å²) in [7, 11) is 1.25. The summed E-state index contributed by atoms with van der Waals surface area (Å²) in [6.45, 7) is 2.01. The molecule has 0 aromatic carbocycles. The molecule has 0 aromatic heterocycles. The molecule has 1 N–H and O–H groups in total. The van der Waals surface area contributed by atoms with Gasteiger partial charge in [-0.25, -0.2) is 4.79 Å². The van der Waals surface area contributed by atoms with Crippen LogP contribution in [0.3, 0.4) is 0 Å². The van der Waals surface area contributed by atoms with Gasteiger partial charge in [0.25, 0.3) is 0 Å². The standard InChI is InChI=1S/C10H18O4/c1-10(12,9(11)13-2)7-14-6-5-8-3-4-8/h8,12H,3-7H2,1-2H3. The highest BCUT2D eigenvalue weighted by molar-refractivity contribution is 5.78. The highest BCUT2D eigenvalue weighted by atomic mass is 16.6. The van der Waals surface area contributed by atoms with Crippen molar-refractivity contribution in [1.29, 1.82) is 0 Å². The van der Waals surface area contributed by atoms with Crippen LogP contribution < -0.4 is 0 Å². The third kappa shape index (κ3) is 3.64. The first-order valence-corrected chi connectivity index (χ1v) is 4.95. The Morgan fingerprint density at radius 3 is 2.71 bits per heavy atom. The predicted molar refractivity (Wildman–Crippen MR) is 50.8 cm³/mol. The van der Waals surface area contributed by atoms with Crippen LogP contribution in [0.5, 0.6) is 0 Å². The fraction of sp³-hybridized carbons (Fsp3) is 0.900. The highest BCUT2D eigenvalue weighted by Gasteiger charge is 2.32. The Morgan fingerprint density at radius 1 is 1.57 bits per heavy atom. The zero-order valence-electron chi connectivity index (χ0n) is 8.78. The van der Waals surface area contributed by atoms with Crippen molar-refractivity contribution in [1.82, 2.24) is 0 Å². The fourth-order valence-electron chi connectivity index (χ4n) is 1.21. The molecule has 1 fully saturated rings. The van der Waals surface area contributed by atoms with Gasteiger partial charge in [-0.05, 0) is 19.3 Å². The predicted octanol–water partition coefficient (Wildman–Crippen LogP) is 0.727. The number of hydrogen-bond acceptors (Lipinski definition) is 4. The lowest BCUT2D eigenvalue weighted by atomic mass is 10.1. The Labute approximate surface area is 84.2 Å². The molecule has 0 aromatic rings. The molecule has 0 radical (unpaired) electrons. The van der Waals surface area contributed by atoms with E-state index in [1.54, 1.807) is 0 Å². The zero-order valence-corrected chi connectivity index (χ0v) is 8.78. The molecule has 1 aliphatic carbocycles. The third-order valence-corrected chi connectivity index (χ3v) is 2.38. The largest absolute Gasteiger partial charge is 0.467 e. The van der Waals surface area contributed by atoms with Crippen molar-refractivity contribution in [2.24, 2.45) is 5.92 Å². The minimum atomic E-state index is -1.52. The first-order chi connectivity index (χ1) is 6.56. The molecule has 0 aliphatic heterocycles. The van der Waals surface area contributed by atoms with Gasteiger partial charge in [0, 0.05) is 6.61 Å². The number of hydrogen-bond donors (Lipinski definition) is 1. The van der Waals surface area contributed by atoms with Crippen LogP contribution in [0.4, 0.5) is 0 Å². The molecule has 0 spiro atoms. The lowest BCUT2D eigenvalue weighted by molar-refractivity contribution is -0.166. The van der Waals surface area contributed by atoms with E-state index in [1.807, 2.05) is 0 Å². The number of methoxy groups -OCH3 is 1. The Morgan fingerprint density at radius 2 is 2.21 bits per heavy atom. The maximum absolute atomic E-state index is 11.0. The van der Waals surface area contributed by atoms with E-state index in [1.165, 1.54) is 26.9 Å². The molecule has 0 bridgehead atoms. The fourth-order valence-corrected chi connectivity index (χ4v) is 1.21. The lowest BCUT2D eigenvalue weighted by Crippen LogP contribution is -2.41. The average molecular weight is 202 g/mol. The summed E-state index contributed by atoms with van der Waals surface area (Å²) in [6, 6.07) is 0. The second-order valence-corrected chi connectivity index (χ2v) is 4.05. The zero-order chi connectivity index (χ0) is 10.6. The van der Waals surface area contributed by atoms with Crippen LogP contribution in [-0.2, 0) is 14.3 Å². The smallest absolute Gasteiger partial charge is 0.339 e. The third-order valence-electron chi connectivity index (χ3n) is 2.38. The summed E-state index contributed by atoms with van der Waals surface area (Å²) in [4.78, 5) is 11.0. The SMILES string of the molecule is COC(=O)C(C)(O)COCCC1CC1. The Kier molecular flexibility index (Phi) is 3.89. The lowest BCUT2D eigenvalue weighted by Gasteiger charge is -2.19. The molecule has 1 aliphatic rings. The van der Waals surface area contributed by atoms with Gasteiger partial charge in [-0.15, -0.1) is 0 Å². The first kappa shape index (κ1) is 11.5. The molecule has 4 heteroatoms. The van der Waals surface area contributed by atoms with Crippen molar-refractivity contribution in [3.63, 3.8) is 0 Å². The molecule has 1 rings (SSSR count). The number of carbonyl (C=O) groups is 1. The summed E-state index contributed by atoms with van der Waals surface area (Å²) >= 11 is 0. The van der Waals surface area contributed by atoms with Crippen LogP contribution >= 0.6 is 0 Å². The molecule has 1 saturated carbocycles. The molecule has 1 atom stereocenters. The molecule has 0 heterocycles. The molecular weight excluding hydrogens is 184 g/mol. The van der Waals surface area contributed by atoms with Gasteiger partial charge in [0.2, 0.25) is 0 Å². The molecule has 0 saturated heterocycles. The normalized spacial score (nSPS) is 20.2. The van der Waals surface area contributed by atoms with E-state index in [9.17, 15) is 9.90 Å². The van der Waals surface area contributed by atoms with E-state index in [0.717, 1.165) is 12.3 Å². The van der Waals surface area contributed by atoms with E-state index >= 15 is 0 Å². The van der Waals surface area contributed by atoms with Gasteiger partial charge in [0.1, 0.15) is 0 Å². The van der Waals surface area contributed by atoms with Crippen LogP contribution in [0.15, 0.2) is 0 Å². The quantitative estimate of drug-likeness (QED) is 0.509. The van der Waals surface area contributed by atoms with Crippen LogP contribution in [0.25, 0.3) is 0 Å². The van der Waals surface area contributed by atoms with E-state index in [-0.39, 0.29) is 6.61 Å². The van der Waals surface area contributed by atoms with Crippen LogP contribution in [0.1, 0.15) is 26.2 Å². The molecule has 14 heavy (non-hydrogen) atoms. The van der Waals surface area contributed by atoms with Crippen molar-refractivity contribution in [3.8, 4) is 0 Å². The summed E-state index contributed by atoms with van der Waals surface area (Å²) in [5, 5.41) is 9.56. The van der Waals surface area contributed by atoms with Crippen LogP contribution in [0.2, 0.25) is 0 Å². The second-order valence-electron chi connectivity index (χ2n) is 4.05.